The number of amides is 1. The minimum absolute atomic E-state index is 0.127. The van der Waals surface area contributed by atoms with Crippen molar-refractivity contribution in [2.45, 2.75) is 39.2 Å². The summed E-state index contributed by atoms with van der Waals surface area (Å²) in [6.07, 6.45) is 3.17. The highest BCUT2D eigenvalue weighted by Gasteiger charge is 2.10. The van der Waals surface area contributed by atoms with Crippen molar-refractivity contribution in [3.05, 3.63) is 60.4 Å². The molecule has 0 spiro atoms. The summed E-state index contributed by atoms with van der Waals surface area (Å²) in [7, 11) is 0. The molecule has 3 rings (SSSR count). The number of para-hydroxylation sites is 3. The van der Waals surface area contributed by atoms with Gasteiger partial charge in [-0.1, -0.05) is 37.3 Å². The first-order chi connectivity index (χ1) is 13.3. The summed E-state index contributed by atoms with van der Waals surface area (Å²) in [5, 5.41) is 2.97. The van der Waals surface area contributed by atoms with Crippen molar-refractivity contribution in [1.29, 1.82) is 0 Å². The van der Waals surface area contributed by atoms with E-state index in [-0.39, 0.29) is 5.91 Å². The van der Waals surface area contributed by atoms with Gasteiger partial charge in [0.2, 0.25) is 5.91 Å². The predicted octanol–water partition coefficient (Wildman–Crippen LogP) is 3.96. The Labute approximate surface area is 160 Å². The van der Waals surface area contributed by atoms with Crippen LogP contribution in [0.25, 0.3) is 11.0 Å². The SMILES string of the molecule is CCCC(=O)NCCCc1nc2ccccc2n1CCOc1ccccc1. The molecule has 0 saturated heterocycles. The van der Waals surface area contributed by atoms with Crippen molar-refractivity contribution in [2.24, 2.45) is 0 Å². The monoisotopic (exact) mass is 365 g/mol. The topological polar surface area (TPSA) is 56.2 Å². The molecule has 0 atom stereocenters. The van der Waals surface area contributed by atoms with Crippen molar-refractivity contribution in [1.82, 2.24) is 14.9 Å². The largest absolute Gasteiger partial charge is 0.492 e. The fourth-order valence-corrected chi connectivity index (χ4v) is 3.13. The van der Waals surface area contributed by atoms with E-state index in [0.29, 0.717) is 19.6 Å². The third kappa shape index (κ3) is 5.33. The Hall–Kier alpha value is -2.82. The van der Waals surface area contributed by atoms with Gasteiger partial charge in [-0.05, 0) is 37.1 Å². The fourth-order valence-electron chi connectivity index (χ4n) is 3.13. The molecule has 3 aromatic rings. The van der Waals surface area contributed by atoms with Crippen LogP contribution in [0.2, 0.25) is 0 Å². The zero-order valence-corrected chi connectivity index (χ0v) is 15.9. The average molecular weight is 365 g/mol. The number of benzene rings is 2. The summed E-state index contributed by atoms with van der Waals surface area (Å²) in [4.78, 5) is 16.4. The second-order valence-electron chi connectivity index (χ2n) is 6.53. The molecule has 27 heavy (non-hydrogen) atoms. The lowest BCUT2D eigenvalue weighted by atomic mass is 10.2. The maximum atomic E-state index is 11.6. The second-order valence-corrected chi connectivity index (χ2v) is 6.53. The van der Waals surface area contributed by atoms with Gasteiger partial charge in [0.25, 0.3) is 0 Å². The molecule has 1 N–H and O–H groups in total. The standard InChI is InChI=1S/C22H27N3O2/c1-2-9-22(26)23-15-8-14-21-24-19-12-6-7-13-20(19)25(21)16-17-27-18-10-4-3-5-11-18/h3-7,10-13H,2,8-9,14-17H2,1H3,(H,23,26). The Morgan fingerprint density at radius 1 is 1.11 bits per heavy atom. The van der Waals surface area contributed by atoms with Crippen molar-refractivity contribution < 1.29 is 9.53 Å². The molecule has 1 aromatic heterocycles. The smallest absolute Gasteiger partial charge is 0.219 e. The lowest BCUT2D eigenvalue weighted by Crippen LogP contribution is -2.24. The second kappa shape index (κ2) is 9.76. The van der Waals surface area contributed by atoms with Gasteiger partial charge < -0.3 is 14.6 Å². The van der Waals surface area contributed by atoms with Crippen LogP contribution in [0.15, 0.2) is 54.6 Å². The number of imidazole rings is 1. The van der Waals surface area contributed by atoms with Crippen LogP contribution >= 0.6 is 0 Å². The molecule has 5 heteroatoms. The van der Waals surface area contributed by atoms with Crippen LogP contribution in [0.5, 0.6) is 5.75 Å². The van der Waals surface area contributed by atoms with Crippen LogP contribution in [-0.4, -0.2) is 28.6 Å². The van der Waals surface area contributed by atoms with Gasteiger partial charge in [0.05, 0.1) is 17.6 Å². The summed E-state index contributed by atoms with van der Waals surface area (Å²) in [5.41, 5.74) is 2.13. The zero-order valence-electron chi connectivity index (χ0n) is 15.9. The maximum Gasteiger partial charge on any atom is 0.219 e. The first kappa shape index (κ1) is 19.0. The Bertz CT molecular complexity index is 858. The van der Waals surface area contributed by atoms with Crippen LogP contribution in [0, 0.1) is 0 Å². The fraction of sp³-hybridized carbons (Fsp3) is 0.364. The van der Waals surface area contributed by atoms with E-state index in [2.05, 4.69) is 16.0 Å². The van der Waals surface area contributed by atoms with E-state index >= 15 is 0 Å². The van der Waals surface area contributed by atoms with E-state index < -0.39 is 0 Å². The zero-order chi connectivity index (χ0) is 18.9. The summed E-state index contributed by atoms with van der Waals surface area (Å²) in [5.74, 6) is 2.04. The number of hydrogen-bond donors (Lipinski definition) is 1. The molecule has 0 saturated carbocycles. The van der Waals surface area contributed by atoms with Crippen molar-refractivity contribution in [3.63, 3.8) is 0 Å². The highest BCUT2D eigenvalue weighted by atomic mass is 16.5. The Kier molecular flexibility index (Phi) is 6.85. The van der Waals surface area contributed by atoms with Crippen LogP contribution < -0.4 is 10.1 Å². The number of fused-ring (bicyclic) bond motifs is 1. The lowest BCUT2D eigenvalue weighted by Gasteiger charge is -2.11. The Morgan fingerprint density at radius 2 is 1.89 bits per heavy atom. The molecule has 0 fully saturated rings. The average Bonchev–Trinajstić information content (AvgIpc) is 3.04. The number of nitrogens with zero attached hydrogens (tertiary/aromatic N) is 2. The first-order valence-electron chi connectivity index (χ1n) is 9.66. The highest BCUT2D eigenvalue weighted by molar-refractivity contribution is 5.76. The van der Waals surface area contributed by atoms with E-state index in [9.17, 15) is 4.79 Å². The van der Waals surface area contributed by atoms with Crippen molar-refractivity contribution in [2.75, 3.05) is 13.2 Å². The molecule has 0 radical (unpaired) electrons. The van der Waals surface area contributed by atoms with Gasteiger partial charge in [-0.15, -0.1) is 0 Å². The number of carbonyl (C=O) groups is 1. The molecular weight excluding hydrogens is 338 g/mol. The summed E-state index contributed by atoms with van der Waals surface area (Å²) < 4.78 is 8.09. The molecule has 2 aromatic carbocycles. The van der Waals surface area contributed by atoms with Crippen molar-refractivity contribution in [3.8, 4) is 5.75 Å². The number of rotatable bonds is 10. The molecule has 1 heterocycles. The molecule has 142 valence electrons. The van der Waals surface area contributed by atoms with Gasteiger partial charge in [0, 0.05) is 19.4 Å². The molecule has 0 aliphatic rings. The number of nitrogens with one attached hydrogen (secondary N) is 1. The van der Waals surface area contributed by atoms with Crippen LogP contribution in [0.4, 0.5) is 0 Å². The molecule has 0 aliphatic carbocycles. The molecule has 0 aliphatic heterocycles. The van der Waals surface area contributed by atoms with Crippen LogP contribution in [0.1, 0.15) is 32.0 Å². The molecule has 1 amide bonds. The van der Waals surface area contributed by atoms with E-state index in [1.54, 1.807) is 0 Å². The number of carbonyl (C=O) groups excluding carboxylic acids is 1. The molecular formula is C22H27N3O2. The highest BCUT2D eigenvalue weighted by Crippen LogP contribution is 2.17. The third-order valence-corrected chi connectivity index (χ3v) is 4.44. The number of ether oxygens (including phenoxy) is 1. The Morgan fingerprint density at radius 3 is 2.70 bits per heavy atom. The van der Waals surface area contributed by atoms with E-state index in [4.69, 9.17) is 9.72 Å². The quantitative estimate of drug-likeness (QED) is 0.553. The number of aryl methyl sites for hydroxylation is 1. The molecule has 0 bridgehead atoms. The normalized spacial score (nSPS) is 10.9. The summed E-state index contributed by atoms with van der Waals surface area (Å²) >= 11 is 0. The minimum Gasteiger partial charge on any atom is -0.492 e. The van der Waals surface area contributed by atoms with E-state index in [1.807, 2.05) is 55.5 Å². The van der Waals surface area contributed by atoms with Gasteiger partial charge in [-0.25, -0.2) is 4.98 Å². The summed E-state index contributed by atoms with van der Waals surface area (Å²) in [6, 6.07) is 18.0. The maximum absolute atomic E-state index is 11.6. The summed E-state index contributed by atoms with van der Waals surface area (Å²) in [6.45, 7) is 4.03. The first-order valence-corrected chi connectivity index (χ1v) is 9.66. The number of aromatic nitrogens is 2. The third-order valence-electron chi connectivity index (χ3n) is 4.44. The van der Waals surface area contributed by atoms with Crippen molar-refractivity contribution >= 4 is 16.9 Å². The molecule has 0 unspecified atom stereocenters. The van der Waals surface area contributed by atoms with Gasteiger partial charge >= 0.3 is 0 Å². The van der Waals surface area contributed by atoms with E-state index in [0.717, 1.165) is 48.4 Å². The molecule has 5 nitrogen and oxygen atoms in total. The predicted molar refractivity (Wildman–Crippen MR) is 108 cm³/mol. The number of hydrogen-bond acceptors (Lipinski definition) is 3. The van der Waals surface area contributed by atoms with Gasteiger partial charge in [-0.2, -0.15) is 0 Å². The van der Waals surface area contributed by atoms with Crippen LogP contribution in [0.3, 0.4) is 0 Å². The minimum atomic E-state index is 0.127. The van der Waals surface area contributed by atoms with E-state index in [1.165, 1.54) is 0 Å². The lowest BCUT2D eigenvalue weighted by molar-refractivity contribution is -0.121. The Balaban J connectivity index is 1.61. The van der Waals surface area contributed by atoms with Gasteiger partial charge in [-0.3, -0.25) is 4.79 Å². The van der Waals surface area contributed by atoms with Gasteiger partial charge in [0.15, 0.2) is 0 Å². The van der Waals surface area contributed by atoms with Gasteiger partial charge in [0.1, 0.15) is 18.2 Å². The van der Waals surface area contributed by atoms with Crippen LogP contribution in [-0.2, 0) is 17.8 Å².